The summed E-state index contributed by atoms with van der Waals surface area (Å²) in [5.74, 6) is -0.973. The molecule has 0 aliphatic carbocycles. The van der Waals surface area contributed by atoms with Crippen LogP contribution in [-0.4, -0.2) is 39.2 Å². The van der Waals surface area contributed by atoms with Gasteiger partial charge in [-0.05, 0) is 30.0 Å². The Labute approximate surface area is 164 Å². The van der Waals surface area contributed by atoms with Crippen LogP contribution in [0.2, 0.25) is 0 Å². The number of fused-ring (bicyclic) bond motifs is 1. The maximum Gasteiger partial charge on any atom is 0.573 e. The fraction of sp³-hybridized carbons (Fsp3) is 0.444. The number of ether oxygens (including phenoxy) is 1. The first-order valence-electron chi connectivity index (χ1n) is 8.99. The van der Waals surface area contributed by atoms with E-state index in [2.05, 4.69) is 25.7 Å². The lowest BCUT2D eigenvalue weighted by atomic mass is 10.0. The molecule has 1 aromatic carbocycles. The molecule has 0 spiro atoms. The van der Waals surface area contributed by atoms with Gasteiger partial charge in [0.25, 0.3) is 11.8 Å². The molecule has 1 atom stereocenters. The summed E-state index contributed by atoms with van der Waals surface area (Å²) in [6.45, 7) is 4.56. The highest BCUT2D eigenvalue weighted by atomic mass is 19.4. The Hall–Kier alpha value is -3.11. The molecule has 0 saturated heterocycles. The zero-order chi connectivity index (χ0) is 21.2. The summed E-state index contributed by atoms with van der Waals surface area (Å²) in [6, 6.07) is 5.01. The van der Waals surface area contributed by atoms with Crippen molar-refractivity contribution >= 4 is 11.8 Å². The van der Waals surface area contributed by atoms with Crippen LogP contribution in [0.3, 0.4) is 0 Å². The van der Waals surface area contributed by atoms with Crippen LogP contribution < -0.4 is 15.4 Å². The summed E-state index contributed by atoms with van der Waals surface area (Å²) in [7, 11) is 0. The number of carbonyl (C=O) groups excluding carboxylic acids is 2. The van der Waals surface area contributed by atoms with Crippen LogP contribution in [0.4, 0.5) is 13.2 Å². The van der Waals surface area contributed by atoms with Crippen LogP contribution in [0, 0.1) is 5.92 Å². The minimum absolute atomic E-state index is 0.0367. The molecule has 0 saturated carbocycles. The molecule has 2 aromatic rings. The van der Waals surface area contributed by atoms with Gasteiger partial charge in [-0.3, -0.25) is 9.59 Å². The Morgan fingerprint density at radius 1 is 1.34 bits per heavy atom. The molecule has 2 N–H and O–H groups in total. The maximum atomic E-state index is 12.4. The first-order chi connectivity index (χ1) is 13.6. The average molecular weight is 411 g/mol. The highest BCUT2D eigenvalue weighted by molar-refractivity contribution is 6.05. The number of alkyl halides is 3. The van der Waals surface area contributed by atoms with Crippen molar-refractivity contribution in [2.24, 2.45) is 5.92 Å². The van der Waals surface area contributed by atoms with E-state index in [4.69, 9.17) is 0 Å². The number of carbonyl (C=O) groups is 2. The second-order valence-electron chi connectivity index (χ2n) is 7.14. The highest BCUT2D eigenvalue weighted by Crippen LogP contribution is 2.23. The van der Waals surface area contributed by atoms with E-state index in [1.54, 1.807) is 0 Å². The second kappa shape index (κ2) is 8.10. The Balaban J connectivity index is 1.63. The zero-order valence-corrected chi connectivity index (χ0v) is 15.8. The lowest BCUT2D eigenvalue weighted by Gasteiger charge is -2.25. The summed E-state index contributed by atoms with van der Waals surface area (Å²) in [5.41, 5.74) is 0.550. The molecular weight excluding hydrogens is 391 g/mol. The maximum absolute atomic E-state index is 12.4. The third-order valence-corrected chi connectivity index (χ3v) is 4.26. The molecule has 0 unspecified atom stereocenters. The van der Waals surface area contributed by atoms with Gasteiger partial charge >= 0.3 is 6.36 Å². The minimum atomic E-state index is -4.77. The van der Waals surface area contributed by atoms with Crippen molar-refractivity contribution in [2.75, 3.05) is 0 Å². The van der Waals surface area contributed by atoms with E-state index >= 15 is 0 Å². The van der Waals surface area contributed by atoms with Crippen LogP contribution in [0.25, 0.3) is 0 Å². The predicted octanol–water partition coefficient (Wildman–Crippen LogP) is 2.26. The van der Waals surface area contributed by atoms with Gasteiger partial charge in [-0.15, -0.1) is 18.3 Å². The van der Waals surface area contributed by atoms with E-state index in [0.29, 0.717) is 18.0 Å². The number of aromatic nitrogens is 3. The van der Waals surface area contributed by atoms with E-state index in [-0.39, 0.29) is 29.7 Å². The molecule has 0 fully saturated rings. The van der Waals surface area contributed by atoms with E-state index < -0.39 is 18.2 Å². The van der Waals surface area contributed by atoms with Gasteiger partial charge in [0, 0.05) is 12.6 Å². The monoisotopic (exact) mass is 411 g/mol. The van der Waals surface area contributed by atoms with Crippen molar-refractivity contribution in [1.82, 2.24) is 25.6 Å². The number of hydrogen-bond donors (Lipinski definition) is 2. The quantitative estimate of drug-likeness (QED) is 0.760. The normalized spacial score (nSPS) is 16.3. The molecule has 11 heteroatoms. The Bertz CT molecular complexity index is 893. The fourth-order valence-corrected chi connectivity index (χ4v) is 3.10. The van der Waals surface area contributed by atoms with E-state index in [1.807, 2.05) is 13.8 Å². The van der Waals surface area contributed by atoms with Crippen molar-refractivity contribution < 1.29 is 27.5 Å². The number of nitrogens with one attached hydrogen (secondary N) is 2. The van der Waals surface area contributed by atoms with Gasteiger partial charge < -0.3 is 15.4 Å². The number of rotatable bonds is 6. The second-order valence-corrected chi connectivity index (χ2v) is 7.14. The first kappa shape index (κ1) is 20.6. The summed E-state index contributed by atoms with van der Waals surface area (Å²) >= 11 is 0. The van der Waals surface area contributed by atoms with Gasteiger partial charge in [0.05, 0.1) is 6.54 Å². The predicted molar refractivity (Wildman–Crippen MR) is 95.0 cm³/mol. The molecule has 3 rings (SSSR count). The van der Waals surface area contributed by atoms with E-state index in [0.717, 1.165) is 18.6 Å². The summed E-state index contributed by atoms with van der Waals surface area (Å²) < 4.78 is 41.8. The highest BCUT2D eigenvalue weighted by Gasteiger charge is 2.32. The van der Waals surface area contributed by atoms with Crippen LogP contribution in [0.5, 0.6) is 5.75 Å². The molecule has 0 radical (unpaired) electrons. The van der Waals surface area contributed by atoms with Gasteiger partial charge in [-0.25, -0.2) is 4.68 Å². The average Bonchev–Trinajstić information content (AvgIpc) is 3.03. The Kier molecular flexibility index (Phi) is 5.76. The smallest absolute Gasteiger partial charge is 0.406 e. The van der Waals surface area contributed by atoms with Crippen LogP contribution in [0.1, 0.15) is 46.8 Å². The van der Waals surface area contributed by atoms with Crippen molar-refractivity contribution in [3.63, 3.8) is 0 Å². The Morgan fingerprint density at radius 2 is 2.03 bits per heavy atom. The third-order valence-electron chi connectivity index (χ3n) is 4.26. The van der Waals surface area contributed by atoms with Crippen LogP contribution in [-0.2, 0) is 13.1 Å². The van der Waals surface area contributed by atoms with Gasteiger partial charge in [0.15, 0.2) is 11.4 Å². The molecule has 2 heterocycles. The summed E-state index contributed by atoms with van der Waals surface area (Å²) in [5, 5.41) is 13.2. The molecule has 2 amide bonds. The largest absolute Gasteiger partial charge is 0.573 e. The SMILES string of the molecule is CC(C)C[C@H]1Cn2nnc(C(=O)NCc3ccc(OC(F)(F)F)cc3)c2C(=O)N1. The molecule has 1 aromatic heterocycles. The van der Waals surface area contributed by atoms with Crippen molar-refractivity contribution in [1.29, 1.82) is 0 Å². The van der Waals surface area contributed by atoms with Gasteiger partial charge in [0.2, 0.25) is 0 Å². The fourth-order valence-electron chi connectivity index (χ4n) is 3.10. The zero-order valence-electron chi connectivity index (χ0n) is 15.8. The van der Waals surface area contributed by atoms with Crippen LogP contribution in [0.15, 0.2) is 24.3 Å². The first-order valence-corrected chi connectivity index (χ1v) is 8.99. The number of amides is 2. The third kappa shape index (κ3) is 5.24. The number of hydrogen-bond acceptors (Lipinski definition) is 5. The van der Waals surface area contributed by atoms with Gasteiger partial charge in [0.1, 0.15) is 5.75 Å². The molecule has 8 nitrogen and oxygen atoms in total. The number of halogens is 3. The molecule has 1 aliphatic heterocycles. The standard InChI is InChI=1S/C18H20F3N5O3/c1-10(2)7-12-9-26-15(17(28)23-12)14(24-25-26)16(27)22-8-11-3-5-13(6-4-11)29-18(19,20)21/h3-6,10,12H,7-9H2,1-2H3,(H,22,27)(H,23,28)/t12-/m0/s1. The van der Waals surface area contributed by atoms with Crippen molar-refractivity contribution in [2.45, 2.75) is 45.8 Å². The Morgan fingerprint density at radius 3 is 2.66 bits per heavy atom. The van der Waals surface area contributed by atoms with Gasteiger partial charge in [-0.2, -0.15) is 0 Å². The van der Waals surface area contributed by atoms with Crippen molar-refractivity contribution in [3.05, 3.63) is 41.2 Å². The van der Waals surface area contributed by atoms with E-state index in [1.165, 1.54) is 16.8 Å². The minimum Gasteiger partial charge on any atom is -0.406 e. The molecule has 156 valence electrons. The van der Waals surface area contributed by atoms with Gasteiger partial charge in [-0.1, -0.05) is 31.2 Å². The summed E-state index contributed by atoms with van der Waals surface area (Å²) in [4.78, 5) is 24.8. The van der Waals surface area contributed by atoms with Crippen molar-refractivity contribution in [3.8, 4) is 5.75 Å². The topological polar surface area (TPSA) is 98.1 Å². The summed E-state index contributed by atoms with van der Waals surface area (Å²) in [6.07, 6.45) is -3.99. The van der Waals surface area contributed by atoms with Crippen LogP contribution >= 0.6 is 0 Å². The number of nitrogens with zero attached hydrogens (tertiary/aromatic N) is 3. The molecule has 1 aliphatic rings. The lowest BCUT2D eigenvalue weighted by Crippen LogP contribution is -2.46. The lowest BCUT2D eigenvalue weighted by molar-refractivity contribution is -0.274. The van der Waals surface area contributed by atoms with E-state index in [9.17, 15) is 22.8 Å². The molecular formula is C18H20F3N5O3. The molecule has 0 bridgehead atoms. The molecule has 29 heavy (non-hydrogen) atoms. The number of benzene rings is 1.